The Kier molecular flexibility index (Phi) is 42.7. The van der Waals surface area contributed by atoms with Crippen LogP contribution < -0.4 is 0 Å². The van der Waals surface area contributed by atoms with E-state index in [2.05, 4.69) is 34.6 Å². The number of hydrogen-bond acceptors (Lipinski definition) is 6. The summed E-state index contributed by atoms with van der Waals surface area (Å²) in [6.07, 6.45) is 43.7. The van der Waals surface area contributed by atoms with E-state index >= 15 is 0 Å². The minimum Gasteiger partial charge on any atom is -0.462 e. The Hall–Kier alpha value is -1.59. The van der Waals surface area contributed by atoms with Crippen molar-refractivity contribution in [3.63, 3.8) is 0 Å². The Morgan fingerprint density at radius 1 is 0.368 bits per heavy atom. The zero-order valence-electron chi connectivity index (χ0n) is 39.0. The maximum Gasteiger partial charge on any atom is 0.306 e. The molecular formula is C51H98O6. The van der Waals surface area contributed by atoms with E-state index < -0.39 is 6.10 Å². The zero-order valence-corrected chi connectivity index (χ0v) is 39.0. The zero-order chi connectivity index (χ0) is 41.9. The van der Waals surface area contributed by atoms with Crippen LogP contribution in [0.15, 0.2) is 0 Å². The van der Waals surface area contributed by atoms with Crippen molar-refractivity contribution >= 4 is 17.9 Å². The van der Waals surface area contributed by atoms with Crippen molar-refractivity contribution in [3.8, 4) is 0 Å². The fourth-order valence-electron chi connectivity index (χ4n) is 7.60. The summed E-state index contributed by atoms with van der Waals surface area (Å²) in [5.41, 5.74) is 0. The lowest BCUT2D eigenvalue weighted by molar-refractivity contribution is -0.167. The van der Waals surface area contributed by atoms with Gasteiger partial charge in [0.2, 0.25) is 0 Å². The second kappa shape index (κ2) is 44.0. The number of carbonyl (C=O) groups is 3. The summed E-state index contributed by atoms with van der Waals surface area (Å²) in [4.78, 5) is 37.9. The maximum absolute atomic E-state index is 12.7. The third-order valence-electron chi connectivity index (χ3n) is 11.8. The SMILES string of the molecule is CCCCCCCCCCCCCCCCC(=O)OC[C@H](COC(=O)CCCCCCCCCCCCCCC(C)C)OC(=O)CCCCCCCCC(C)CC. The normalized spacial score (nSPS) is 12.5. The summed E-state index contributed by atoms with van der Waals surface area (Å²) in [7, 11) is 0. The molecule has 0 aromatic heterocycles. The molecule has 0 N–H and O–H groups in total. The van der Waals surface area contributed by atoms with Gasteiger partial charge in [0, 0.05) is 19.3 Å². The van der Waals surface area contributed by atoms with Crippen molar-refractivity contribution in [1.29, 1.82) is 0 Å². The van der Waals surface area contributed by atoms with Gasteiger partial charge in [0.15, 0.2) is 6.10 Å². The van der Waals surface area contributed by atoms with Crippen LogP contribution in [-0.2, 0) is 28.6 Å². The molecule has 0 rings (SSSR count). The van der Waals surface area contributed by atoms with Crippen LogP contribution >= 0.6 is 0 Å². The molecule has 0 saturated heterocycles. The molecule has 2 atom stereocenters. The molecule has 0 aromatic rings. The Bertz CT molecular complexity index is 872. The van der Waals surface area contributed by atoms with Crippen LogP contribution in [0.25, 0.3) is 0 Å². The summed E-state index contributed by atoms with van der Waals surface area (Å²) >= 11 is 0. The van der Waals surface area contributed by atoms with Gasteiger partial charge in [-0.05, 0) is 31.1 Å². The molecule has 1 unspecified atom stereocenters. The van der Waals surface area contributed by atoms with Crippen LogP contribution in [0.1, 0.15) is 279 Å². The minimum absolute atomic E-state index is 0.0647. The smallest absolute Gasteiger partial charge is 0.306 e. The molecule has 0 radical (unpaired) electrons. The first-order valence-electron chi connectivity index (χ1n) is 25.3. The average Bonchev–Trinajstić information content (AvgIpc) is 3.19. The molecule has 0 amide bonds. The van der Waals surface area contributed by atoms with Gasteiger partial charge in [-0.3, -0.25) is 14.4 Å². The Morgan fingerprint density at radius 2 is 0.667 bits per heavy atom. The minimum atomic E-state index is -0.762. The molecule has 0 heterocycles. The third-order valence-corrected chi connectivity index (χ3v) is 11.8. The second-order valence-electron chi connectivity index (χ2n) is 18.2. The molecule has 57 heavy (non-hydrogen) atoms. The highest BCUT2D eigenvalue weighted by Gasteiger charge is 2.19. The van der Waals surface area contributed by atoms with E-state index in [0.29, 0.717) is 19.3 Å². The molecule has 6 heteroatoms. The average molecular weight is 807 g/mol. The standard InChI is InChI=1S/C51H98O6/c1-6-8-9-10-11-12-13-14-15-19-22-25-31-36-41-49(52)55-44-48(57-51(54)43-38-33-28-27-30-35-40-47(5)7-2)45-56-50(53)42-37-32-26-23-20-17-16-18-21-24-29-34-39-46(3)4/h46-48H,6-45H2,1-5H3/t47?,48-/m1/s1. The van der Waals surface area contributed by atoms with E-state index in [4.69, 9.17) is 14.2 Å². The van der Waals surface area contributed by atoms with Crippen LogP contribution in [0, 0.1) is 11.8 Å². The molecule has 0 aromatic carbocycles. The van der Waals surface area contributed by atoms with Gasteiger partial charge in [-0.2, -0.15) is 0 Å². The van der Waals surface area contributed by atoms with E-state index in [-0.39, 0.29) is 31.1 Å². The lowest BCUT2D eigenvalue weighted by atomic mass is 10.00. The largest absolute Gasteiger partial charge is 0.462 e. The summed E-state index contributed by atoms with van der Waals surface area (Å²) in [6.45, 7) is 11.3. The van der Waals surface area contributed by atoms with Gasteiger partial charge in [0.1, 0.15) is 13.2 Å². The maximum atomic E-state index is 12.7. The van der Waals surface area contributed by atoms with E-state index in [9.17, 15) is 14.4 Å². The van der Waals surface area contributed by atoms with Crippen molar-refractivity contribution in [2.45, 2.75) is 285 Å². The van der Waals surface area contributed by atoms with E-state index in [0.717, 1.165) is 69.6 Å². The quantitative estimate of drug-likeness (QED) is 0.0346. The third kappa shape index (κ3) is 43.8. The molecule has 0 spiro atoms. The molecular weight excluding hydrogens is 709 g/mol. The van der Waals surface area contributed by atoms with Crippen molar-refractivity contribution in [2.75, 3.05) is 13.2 Å². The lowest BCUT2D eigenvalue weighted by Gasteiger charge is -2.18. The molecule has 0 saturated carbocycles. The van der Waals surface area contributed by atoms with Gasteiger partial charge in [-0.25, -0.2) is 0 Å². The van der Waals surface area contributed by atoms with Crippen molar-refractivity contribution in [3.05, 3.63) is 0 Å². The monoisotopic (exact) mass is 807 g/mol. The first-order chi connectivity index (χ1) is 27.8. The fourth-order valence-corrected chi connectivity index (χ4v) is 7.60. The van der Waals surface area contributed by atoms with Crippen LogP contribution in [0.3, 0.4) is 0 Å². The van der Waals surface area contributed by atoms with Crippen molar-refractivity contribution in [1.82, 2.24) is 0 Å². The van der Waals surface area contributed by atoms with Gasteiger partial charge in [-0.15, -0.1) is 0 Å². The molecule has 338 valence electrons. The van der Waals surface area contributed by atoms with E-state index in [1.807, 2.05) is 0 Å². The van der Waals surface area contributed by atoms with Gasteiger partial charge in [0.05, 0.1) is 0 Å². The Balaban J connectivity index is 4.29. The van der Waals surface area contributed by atoms with Crippen LogP contribution in [-0.4, -0.2) is 37.2 Å². The summed E-state index contributed by atoms with van der Waals surface area (Å²) < 4.78 is 16.8. The summed E-state index contributed by atoms with van der Waals surface area (Å²) in [5, 5.41) is 0. The number of unbranched alkanes of at least 4 members (excludes halogenated alkanes) is 29. The Morgan fingerprint density at radius 3 is 1.00 bits per heavy atom. The number of esters is 3. The number of carbonyl (C=O) groups excluding carboxylic acids is 3. The molecule has 0 aliphatic carbocycles. The lowest BCUT2D eigenvalue weighted by Crippen LogP contribution is -2.30. The van der Waals surface area contributed by atoms with Gasteiger partial charge in [-0.1, -0.05) is 240 Å². The van der Waals surface area contributed by atoms with E-state index in [1.165, 1.54) is 167 Å². The summed E-state index contributed by atoms with van der Waals surface area (Å²) in [5.74, 6) is 0.791. The van der Waals surface area contributed by atoms with Gasteiger partial charge in [0.25, 0.3) is 0 Å². The highest BCUT2D eigenvalue weighted by Crippen LogP contribution is 2.17. The number of rotatable bonds is 45. The molecule has 0 aliphatic heterocycles. The predicted molar refractivity (Wildman–Crippen MR) is 243 cm³/mol. The predicted octanol–water partition coefficient (Wildman–Crippen LogP) is 16.1. The first-order valence-corrected chi connectivity index (χ1v) is 25.3. The fraction of sp³-hybridized carbons (Fsp3) is 0.941. The van der Waals surface area contributed by atoms with Gasteiger partial charge < -0.3 is 14.2 Å². The Labute approximate surface area is 355 Å². The first kappa shape index (κ1) is 55.4. The highest BCUT2D eigenvalue weighted by atomic mass is 16.6. The molecule has 6 nitrogen and oxygen atoms in total. The molecule has 0 bridgehead atoms. The van der Waals surface area contributed by atoms with E-state index in [1.54, 1.807) is 0 Å². The summed E-state index contributed by atoms with van der Waals surface area (Å²) in [6, 6.07) is 0. The number of hydrogen-bond donors (Lipinski definition) is 0. The van der Waals surface area contributed by atoms with Crippen molar-refractivity contribution < 1.29 is 28.6 Å². The molecule has 0 fully saturated rings. The van der Waals surface area contributed by atoms with Crippen molar-refractivity contribution in [2.24, 2.45) is 11.8 Å². The topological polar surface area (TPSA) is 78.9 Å². The van der Waals surface area contributed by atoms with Gasteiger partial charge >= 0.3 is 17.9 Å². The van der Waals surface area contributed by atoms with Crippen LogP contribution in [0.4, 0.5) is 0 Å². The van der Waals surface area contributed by atoms with Crippen LogP contribution in [0.5, 0.6) is 0 Å². The van der Waals surface area contributed by atoms with Crippen LogP contribution in [0.2, 0.25) is 0 Å². The molecule has 0 aliphatic rings. The highest BCUT2D eigenvalue weighted by molar-refractivity contribution is 5.71. The second-order valence-corrected chi connectivity index (χ2v) is 18.2. The number of ether oxygens (including phenoxy) is 3.